The van der Waals surface area contributed by atoms with E-state index in [1.807, 2.05) is 18.2 Å². The number of benzene rings is 1. The quantitative estimate of drug-likeness (QED) is 0.479. The van der Waals surface area contributed by atoms with Crippen molar-refractivity contribution in [3.05, 3.63) is 50.7 Å². The highest BCUT2D eigenvalue weighted by molar-refractivity contribution is 6.31. The Hall–Kier alpha value is -2.45. The second-order valence-electron chi connectivity index (χ2n) is 8.28. The molecule has 1 aliphatic carbocycles. The van der Waals surface area contributed by atoms with Gasteiger partial charge in [0.2, 0.25) is 11.8 Å². The maximum absolute atomic E-state index is 11.8. The minimum absolute atomic E-state index is 0.0137. The molecule has 0 radical (unpaired) electrons. The number of rotatable bonds is 8. The third kappa shape index (κ3) is 5.79. The monoisotopic (exact) mass is 432 g/mol. The highest BCUT2D eigenvalue weighted by Gasteiger charge is 2.27. The van der Waals surface area contributed by atoms with Crippen molar-refractivity contribution < 1.29 is 4.92 Å². The molecule has 0 amide bonds. The van der Waals surface area contributed by atoms with Crippen molar-refractivity contribution in [2.75, 3.05) is 38.2 Å². The molecule has 0 saturated heterocycles. The SMILES string of the molecule is CN(C)C[C@H]1CC[C@@H](CNc2nc(N)nc(Cc3ccccc3Cl)c2[N+](=O)[O-])CC1. The Kier molecular flexibility index (Phi) is 7.44. The average Bonchev–Trinajstić information content (AvgIpc) is 2.68. The molecule has 1 aromatic heterocycles. The zero-order valence-electron chi connectivity index (χ0n) is 17.5. The predicted octanol–water partition coefficient (Wildman–Crippen LogP) is 3.99. The zero-order valence-corrected chi connectivity index (χ0v) is 18.2. The van der Waals surface area contributed by atoms with Crippen molar-refractivity contribution in [2.45, 2.75) is 32.1 Å². The van der Waals surface area contributed by atoms with Crippen molar-refractivity contribution in [1.82, 2.24) is 14.9 Å². The Morgan fingerprint density at radius 2 is 1.87 bits per heavy atom. The number of aromatic nitrogens is 2. The molecule has 9 heteroatoms. The van der Waals surface area contributed by atoms with Gasteiger partial charge in [-0.3, -0.25) is 10.1 Å². The molecule has 1 fully saturated rings. The van der Waals surface area contributed by atoms with E-state index >= 15 is 0 Å². The van der Waals surface area contributed by atoms with Crippen LogP contribution in [0.2, 0.25) is 5.02 Å². The van der Waals surface area contributed by atoms with Crippen molar-refractivity contribution in [2.24, 2.45) is 11.8 Å². The molecule has 30 heavy (non-hydrogen) atoms. The summed E-state index contributed by atoms with van der Waals surface area (Å²) in [4.78, 5) is 21.9. The first-order valence-corrected chi connectivity index (χ1v) is 10.6. The summed E-state index contributed by atoms with van der Waals surface area (Å²) in [7, 11) is 4.21. The minimum atomic E-state index is -0.443. The van der Waals surface area contributed by atoms with Crippen LogP contribution in [0, 0.1) is 22.0 Å². The van der Waals surface area contributed by atoms with E-state index in [1.54, 1.807) is 6.07 Å². The number of nitrogens with one attached hydrogen (secondary N) is 1. The van der Waals surface area contributed by atoms with Crippen molar-refractivity contribution in [3.8, 4) is 0 Å². The van der Waals surface area contributed by atoms with Gasteiger partial charge >= 0.3 is 5.69 Å². The van der Waals surface area contributed by atoms with E-state index in [-0.39, 0.29) is 29.6 Å². The Bertz CT molecular complexity index is 884. The number of nitro groups is 1. The third-order valence-corrected chi connectivity index (χ3v) is 5.99. The summed E-state index contributed by atoms with van der Waals surface area (Å²) in [5, 5.41) is 15.6. The van der Waals surface area contributed by atoms with E-state index in [2.05, 4.69) is 34.3 Å². The number of hydrogen-bond acceptors (Lipinski definition) is 7. The van der Waals surface area contributed by atoms with E-state index in [0.717, 1.165) is 30.9 Å². The molecular formula is C21H29ClN6O2. The smallest absolute Gasteiger partial charge is 0.333 e. The number of nitrogens with two attached hydrogens (primary N) is 1. The number of nitrogens with zero attached hydrogens (tertiary/aromatic N) is 4. The first kappa shape index (κ1) is 22.2. The Labute approximate surface area is 182 Å². The molecule has 1 saturated carbocycles. The normalized spacial score (nSPS) is 19.1. The van der Waals surface area contributed by atoms with Gasteiger partial charge in [-0.25, -0.2) is 4.98 Å². The molecule has 0 unspecified atom stereocenters. The summed E-state index contributed by atoms with van der Waals surface area (Å²) in [6.07, 6.45) is 4.78. The molecule has 1 heterocycles. The molecule has 3 N–H and O–H groups in total. The van der Waals surface area contributed by atoms with Crippen LogP contribution in [0.3, 0.4) is 0 Å². The molecular weight excluding hydrogens is 404 g/mol. The lowest BCUT2D eigenvalue weighted by Crippen LogP contribution is -2.28. The summed E-state index contributed by atoms with van der Waals surface area (Å²) in [5.41, 5.74) is 6.75. The Morgan fingerprint density at radius 1 is 1.20 bits per heavy atom. The summed E-state index contributed by atoms with van der Waals surface area (Å²) < 4.78 is 0. The summed E-state index contributed by atoms with van der Waals surface area (Å²) in [5.74, 6) is 1.39. The summed E-state index contributed by atoms with van der Waals surface area (Å²) in [6, 6.07) is 7.22. The molecule has 1 aromatic carbocycles. The lowest BCUT2D eigenvalue weighted by Gasteiger charge is -2.30. The second kappa shape index (κ2) is 10.0. The predicted molar refractivity (Wildman–Crippen MR) is 120 cm³/mol. The molecule has 0 aliphatic heterocycles. The van der Waals surface area contributed by atoms with Gasteiger partial charge in [-0.1, -0.05) is 29.8 Å². The number of anilines is 2. The molecule has 0 spiro atoms. The molecule has 162 valence electrons. The van der Waals surface area contributed by atoms with E-state index in [1.165, 1.54) is 12.8 Å². The molecule has 2 aromatic rings. The third-order valence-electron chi connectivity index (χ3n) is 5.62. The van der Waals surface area contributed by atoms with Crippen LogP contribution in [0.25, 0.3) is 0 Å². The van der Waals surface area contributed by atoms with Gasteiger partial charge in [0.05, 0.1) is 4.92 Å². The highest BCUT2D eigenvalue weighted by atomic mass is 35.5. The van der Waals surface area contributed by atoms with Gasteiger partial charge in [0, 0.05) is 24.5 Å². The molecule has 0 atom stereocenters. The molecule has 3 rings (SSSR count). The van der Waals surface area contributed by atoms with E-state index in [9.17, 15) is 10.1 Å². The topological polar surface area (TPSA) is 110 Å². The fraction of sp³-hybridized carbons (Fsp3) is 0.524. The second-order valence-corrected chi connectivity index (χ2v) is 8.69. The van der Waals surface area contributed by atoms with Gasteiger partial charge in [-0.2, -0.15) is 4.98 Å². The van der Waals surface area contributed by atoms with E-state index in [4.69, 9.17) is 17.3 Å². The number of hydrogen-bond donors (Lipinski definition) is 2. The van der Waals surface area contributed by atoms with Gasteiger partial charge in [0.1, 0.15) is 5.69 Å². The zero-order chi connectivity index (χ0) is 21.7. The first-order chi connectivity index (χ1) is 14.3. The van der Waals surface area contributed by atoms with Crippen LogP contribution >= 0.6 is 11.6 Å². The standard InChI is InChI=1S/C21H29ClN6O2/c1-27(2)13-15-9-7-14(8-10-15)12-24-20-19(28(29)30)18(25-21(23)26-20)11-16-5-3-4-6-17(16)22/h3-6,14-15H,7-13H2,1-2H3,(H3,23,24,25,26)/t14-,15+. The van der Waals surface area contributed by atoms with Gasteiger partial charge in [-0.05, 0) is 63.2 Å². The average molecular weight is 433 g/mol. The van der Waals surface area contributed by atoms with Crippen LogP contribution < -0.4 is 11.1 Å². The van der Waals surface area contributed by atoms with Crippen LogP contribution in [0.1, 0.15) is 36.9 Å². The lowest BCUT2D eigenvalue weighted by atomic mass is 9.82. The first-order valence-electron chi connectivity index (χ1n) is 10.3. The van der Waals surface area contributed by atoms with Crippen LogP contribution in [0.5, 0.6) is 0 Å². The maximum atomic E-state index is 11.8. The molecule has 8 nitrogen and oxygen atoms in total. The number of halogens is 1. The van der Waals surface area contributed by atoms with Crippen LogP contribution in [0.15, 0.2) is 24.3 Å². The van der Waals surface area contributed by atoms with E-state index < -0.39 is 4.92 Å². The van der Waals surface area contributed by atoms with Gasteiger partial charge in [-0.15, -0.1) is 0 Å². The van der Waals surface area contributed by atoms with Gasteiger partial charge < -0.3 is 16.0 Å². The fourth-order valence-electron chi connectivity index (χ4n) is 4.16. The van der Waals surface area contributed by atoms with Crippen LogP contribution in [0.4, 0.5) is 17.5 Å². The van der Waals surface area contributed by atoms with Crippen LogP contribution in [-0.4, -0.2) is 47.0 Å². The lowest BCUT2D eigenvalue weighted by molar-refractivity contribution is -0.385. The largest absolute Gasteiger partial charge is 0.368 e. The van der Waals surface area contributed by atoms with E-state index in [0.29, 0.717) is 17.5 Å². The number of nitrogen functional groups attached to an aromatic ring is 1. The van der Waals surface area contributed by atoms with Gasteiger partial charge in [0.25, 0.3) is 0 Å². The Morgan fingerprint density at radius 3 is 2.50 bits per heavy atom. The summed E-state index contributed by atoms with van der Waals surface area (Å²) >= 11 is 6.23. The maximum Gasteiger partial charge on any atom is 0.333 e. The Balaban J connectivity index is 1.73. The molecule has 0 bridgehead atoms. The summed E-state index contributed by atoms with van der Waals surface area (Å²) in [6.45, 7) is 1.75. The molecule has 1 aliphatic rings. The highest BCUT2D eigenvalue weighted by Crippen LogP contribution is 2.32. The van der Waals surface area contributed by atoms with Crippen LogP contribution in [-0.2, 0) is 6.42 Å². The van der Waals surface area contributed by atoms with Crippen molar-refractivity contribution in [3.63, 3.8) is 0 Å². The van der Waals surface area contributed by atoms with Crippen molar-refractivity contribution >= 4 is 29.1 Å². The van der Waals surface area contributed by atoms with Gasteiger partial charge in [0.15, 0.2) is 0 Å². The fourth-order valence-corrected chi connectivity index (χ4v) is 4.36. The van der Waals surface area contributed by atoms with Crippen molar-refractivity contribution in [1.29, 1.82) is 0 Å². The minimum Gasteiger partial charge on any atom is -0.368 e.